The van der Waals surface area contributed by atoms with E-state index in [0.717, 1.165) is 12.0 Å². The van der Waals surface area contributed by atoms with Crippen molar-refractivity contribution in [1.29, 1.82) is 0 Å². The van der Waals surface area contributed by atoms with Crippen LogP contribution in [0.2, 0.25) is 0 Å². The molecule has 2 unspecified atom stereocenters. The summed E-state index contributed by atoms with van der Waals surface area (Å²) in [5.41, 5.74) is 6.45. The van der Waals surface area contributed by atoms with E-state index in [-0.39, 0.29) is 17.5 Å². The third-order valence-electron chi connectivity index (χ3n) is 3.34. The molecule has 2 atom stereocenters. The van der Waals surface area contributed by atoms with E-state index in [4.69, 9.17) is 15.2 Å². The first-order valence-electron chi connectivity index (χ1n) is 5.83. The summed E-state index contributed by atoms with van der Waals surface area (Å²) in [5.74, 6) is 0.391. The fraction of sp³-hybridized carbons (Fsp3) is 0.538. The van der Waals surface area contributed by atoms with E-state index in [9.17, 15) is 4.39 Å². The molecule has 0 bridgehead atoms. The van der Waals surface area contributed by atoms with Crippen LogP contribution in [0.3, 0.4) is 0 Å². The van der Waals surface area contributed by atoms with Crippen molar-refractivity contribution in [2.45, 2.75) is 31.4 Å². The Kier molecular flexibility index (Phi) is 3.35. The lowest BCUT2D eigenvalue weighted by atomic mass is 9.86. The maximum atomic E-state index is 13.2. The lowest BCUT2D eigenvalue weighted by molar-refractivity contribution is -0.0338. The molecule has 1 aliphatic heterocycles. The van der Waals surface area contributed by atoms with E-state index in [1.54, 1.807) is 13.2 Å². The van der Waals surface area contributed by atoms with E-state index in [1.165, 1.54) is 12.1 Å². The summed E-state index contributed by atoms with van der Waals surface area (Å²) in [6.45, 7) is 2.54. The third kappa shape index (κ3) is 2.28. The molecule has 94 valence electrons. The summed E-state index contributed by atoms with van der Waals surface area (Å²) in [6.07, 6.45) is 1.46. The van der Waals surface area contributed by atoms with Gasteiger partial charge in [0.1, 0.15) is 17.2 Å². The van der Waals surface area contributed by atoms with Gasteiger partial charge in [0.05, 0.1) is 6.61 Å². The lowest BCUT2D eigenvalue weighted by Gasteiger charge is -2.40. The molecule has 0 fully saturated rings. The van der Waals surface area contributed by atoms with Crippen molar-refractivity contribution in [2.75, 3.05) is 13.7 Å². The highest BCUT2D eigenvalue weighted by Gasteiger charge is 2.38. The largest absolute Gasteiger partial charge is 0.484 e. The standard InChI is InChI=1S/C13H18FNO2/c1-3-13(8-16-2)7-11(15)10-6-9(14)4-5-12(10)17-13/h4-6,11H,3,7-8,15H2,1-2H3. The van der Waals surface area contributed by atoms with Crippen molar-refractivity contribution in [1.82, 2.24) is 0 Å². The molecule has 2 N–H and O–H groups in total. The summed E-state index contributed by atoms with van der Waals surface area (Å²) in [4.78, 5) is 0. The van der Waals surface area contributed by atoms with Crippen LogP contribution in [0.5, 0.6) is 5.75 Å². The van der Waals surface area contributed by atoms with E-state index in [0.29, 0.717) is 18.8 Å². The maximum absolute atomic E-state index is 13.2. The Balaban J connectivity index is 2.35. The number of methoxy groups -OCH3 is 1. The number of fused-ring (bicyclic) bond motifs is 1. The Bertz CT molecular complexity index is 410. The summed E-state index contributed by atoms with van der Waals surface area (Å²) in [6, 6.07) is 4.28. The Morgan fingerprint density at radius 2 is 2.35 bits per heavy atom. The molecule has 4 heteroatoms. The SMILES string of the molecule is CCC1(COC)CC(N)c2cc(F)ccc2O1. The van der Waals surface area contributed by atoms with Gasteiger partial charge in [-0.25, -0.2) is 4.39 Å². The fourth-order valence-corrected chi connectivity index (χ4v) is 2.36. The van der Waals surface area contributed by atoms with Crippen molar-refractivity contribution < 1.29 is 13.9 Å². The van der Waals surface area contributed by atoms with Crippen LogP contribution < -0.4 is 10.5 Å². The minimum absolute atomic E-state index is 0.204. The molecule has 1 heterocycles. The zero-order valence-corrected chi connectivity index (χ0v) is 10.2. The number of hydrogen-bond acceptors (Lipinski definition) is 3. The van der Waals surface area contributed by atoms with Crippen LogP contribution >= 0.6 is 0 Å². The first kappa shape index (κ1) is 12.3. The van der Waals surface area contributed by atoms with Crippen molar-refractivity contribution >= 4 is 0 Å². The maximum Gasteiger partial charge on any atom is 0.134 e. The van der Waals surface area contributed by atoms with Gasteiger partial charge in [0, 0.05) is 25.1 Å². The molecular weight excluding hydrogens is 221 g/mol. The van der Waals surface area contributed by atoms with Gasteiger partial charge < -0.3 is 15.2 Å². The van der Waals surface area contributed by atoms with Gasteiger partial charge in [-0.3, -0.25) is 0 Å². The van der Waals surface area contributed by atoms with Gasteiger partial charge in [-0.15, -0.1) is 0 Å². The second kappa shape index (κ2) is 4.63. The first-order chi connectivity index (χ1) is 8.10. The van der Waals surface area contributed by atoms with Gasteiger partial charge in [0.15, 0.2) is 0 Å². The molecule has 1 aromatic carbocycles. The number of hydrogen-bond donors (Lipinski definition) is 1. The number of halogens is 1. The zero-order valence-electron chi connectivity index (χ0n) is 10.2. The van der Waals surface area contributed by atoms with Crippen LogP contribution in [-0.2, 0) is 4.74 Å². The molecule has 3 nitrogen and oxygen atoms in total. The Morgan fingerprint density at radius 3 is 3.00 bits per heavy atom. The number of benzene rings is 1. The molecule has 0 spiro atoms. The van der Waals surface area contributed by atoms with Crippen LogP contribution in [0.15, 0.2) is 18.2 Å². The fourth-order valence-electron chi connectivity index (χ4n) is 2.36. The van der Waals surface area contributed by atoms with Crippen molar-refractivity contribution in [3.8, 4) is 5.75 Å². The van der Waals surface area contributed by atoms with E-state index >= 15 is 0 Å². The average Bonchev–Trinajstić information content (AvgIpc) is 2.31. The predicted molar refractivity (Wildman–Crippen MR) is 63.5 cm³/mol. The summed E-state index contributed by atoms with van der Waals surface area (Å²) in [7, 11) is 1.65. The smallest absolute Gasteiger partial charge is 0.134 e. The minimum Gasteiger partial charge on any atom is -0.484 e. The van der Waals surface area contributed by atoms with Gasteiger partial charge in [0.2, 0.25) is 0 Å². The molecule has 17 heavy (non-hydrogen) atoms. The van der Waals surface area contributed by atoms with Gasteiger partial charge in [-0.1, -0.05) is 6.92 Å². The monoisotopic (exact) mass is 239 g/mol. The highest BCUT2D eigenvalue weighted by Crippen LogP contribution is 2.40. The van der Waals surface area contributed by atoms with Crippen LogP contribution in [0.1, 0.15) is 31.4 Å². The van der Waals surface area contributed by atoms with Crippen LogP contribution in [0.4, 0.5) is 4.39 Å². The average molecular weight is 239 g/mol. The molecule has 2 rings (SSSR count). The highest BCUT2D eigenvalue weighted by atomic mass is 19.1. The van der Waals surface area contributed by atoms with Crippen molar-refractivity contribution in [3.05, 3.63) is 29.6 Å². The number of rotatable bonds is 3. The van der Waals surface area contributed by atoms with Crippen LogP contribution in [0.25, 0.3) is 0 Å². The molecule has 0 saturated heterocycles. The molecular formula is C13H18FNO2. The Morgan fingerprint density at radius 1 is 1.59 bits per heavy atom. The second-order valence-corrected chi connectivity index (χ2v) is 4.56. The van der Waals surface area contributed by atoms with Gasteiger partial charge >= 0.3 is 0 Å². The van der Waals surface area contributed by atoms with Crippen molar-refractivity contribution in [2.24, 2.45) is 5.73 Å². The summed E-state index contributed by atoms with van der Waals surface area (Å²) >= 11 is 0. The second-order valence-electron chi connectivity index (χ2n) is 4.56. The first-order valence-corrected chi connectivity index (χ1v) is 5.83. The molecule has 0 aliphatic carbocycles. The summed E-state index contributed by atoms with van der Waals surface area (Å²) in [5, 5.41) is 0. The molecule has 0 amide bonds. The number of ether oxygens (including phenoxy) is 2. The zero-order chi connectivity index (χ0) is 12.5. The van der Waals surface area contributed by atoms with Crippen molar-refractivity contribution in [3.63, 3.8) is 0 Å². The predicted octanol–water partition coefficient (Wildman–Crippen LogP) is 2.40. The van der Waals surface area contributed by atoms with Gasteiger partial charge in [-0.05, 0) is 24.6 Å². The van der Waals surface area contributed by atoms with E-state index in [2.05, 4.69) is 0 Å². The molecule has 0 aromatic heterocycles. The topological polar surface area (TPSA) is 44.5 Å². The Labute approximate surface area is 101 Å². The van der Waals surface area contributed by atoms with Crippen LogP contribution in [0, 0.1) is 5.82 Å². The minimum atomic E-state index is -0.390. The van der Waals surface area contributed by atoms with Gasteiger partial charge in [-0.2, -0.15) is 0 Å². The normalized spacial score (nSPS) is 27.4. The van der Waals surface area contributed by atoms with E-state index < -0.39 is 0 Å². The molecule has 0 radical (unpaired) electrons. The Hall–Kier alpha value is -1.13. The quantitative estimate of drug-likeness (QED) is 0.881. The van der Waals surface area contributed by atoms with E-state index in [1.807, 2.05) is 6.92 Å². The molecule has 1 aliphatic rings. The third-order valence-corrected chi connectivity index (χ3v) is 3.34. The lowest BCUT2D eigenvalue weighted by Crippen LogP contribution is -2.46. The molecule has 1 aromatic rings. The van der Waals surface area contributed by atoms with Gasteiger partial charge in [0.25, 0.3) is 0 Å². The molecule has 0 saturated carbocycles. The van der Waals surface area contributed by atoms with Crippen LogP contribution in [-0.4, -0.2) is 19.3 Å². The number of nitrogens with two attached hydrogens (primary N) is 1. The highest BCUT2D eigenvalue weighted by molar-refractivity contribution is 5.39. The summed E-state index contributed by atoms with van der Waals surface area (Å²) < 4.78 is 24.3.